The quantitative estimate of drug-likeness (QED) is 0.173. The molecule has 41 heavy (non-hydrogen) atoms. The van der Waals surface area contributed by atoms with Gasteiger partial charge >= 0.3 is 11.9 Å². The molecular weight excluding hydrogens is 536 g/mol. The average molecular weight is 575 g/mol. The summed E-state index contributed by atoms with van der Waals surface area (Å²) in [7, 11) is 4.46. The molecule has 0 N–H and O–H groups in total. The van der Waals surface area contributed by atoms with Crippen molar-refractivity contribution in [1.29, 1.82) is 0 Å². The summed E-state index contributed by atoms with van der Waals surface area (Å²) in [5, 5.41) is 2.02. The smallest absolute Gasteiger partial charge is 0.326 e. The van der Waals surface area contributed by atoms with Gasteiger partial charge in [0.1, 0.15) is 12.3 Å². The van der Waals surface area contributed by atoms with Gasteiger partial charge in [0.05, 0.1) is 33.4 Å². The van der Waals surface area contributed by atoms with Crippen molar-refractivity contribution in [2.45, 2.75) is 37.6 Å². The number of hydrogen-bond acceptors (Lipinski definition) is 8. The van der Waals surface area contributed by atoms with Gasteiger partial charge in [-0.05, 0) is 73.2 Å². The van der Waals surface area contributed by atoms with Crippen molar-refractivity contribution in [2.24, 2.45) is 5.92 Å². The first-order valence-corrected chi connectivity index (χ1v) is 14.5. The number of fused-ring (bicyclic) bond motifs is 1. The zero-order valence-electron chi connectivity index (χ0n) is 24.3. The molecule has 7 nitrogen and oxygen atoms in total. The summed E-state index contributed by atoms with van der Waals surface area (Å²) in [4.78, 5) is 28.1. The first-order valence-electron chi connectivity index (χ1n) is 13.7. The van der Waals surface area contributed by atoms with Crippen LogP contribution in [0.2, 0.25) is 0 Å². The van der Waals surface area contributed by atoms with Crippen molar-refractivity contribution >= 4 is 46.0 Å². The molecule has 4 rings (SSSR count). The van der Waals surface area contributed by atoms with Gasteiger partial charge in [-0.15, -0.1) is 0 Å². The fourth-order valence-electron chi connectivity index (χ4n) is 4.99. The number of nitrogens with zero attached hydrogens (tertiary/aromatic N) is 2. The van der Waals surface area contributed by atoms with Gasteiger partial charge in [-0.2, -0.15) is 0 Å². The van der Waals surface area contributed by atoms with Crippen LogP contribution in [0.1, 0.15) is 26.7 Å². The summed E-state index contributed by atoms with van der Waals surface area (Å²) < 4.78 is 17.3. The topological polar surface area (TPSA) is 68.3 Å². The lowest BCUT2D eigenvalue weighted by molar-refractivity contribution is -0.141. The van der Waals surface area contributed by atoms with Crippen LogP contribution in [0.25, 0.3) is 10.8 Å². The zero-order chi connectivity index (χ0) is 29.4. The largest absolute Gasteiger partial charge is 0.497 e. The molecule has 2 unspecified atom stereocenters. The third kappa shape index (κ3) is 7.64. The highest BCUT2D eigenvalue weighted by Crippen LogP contribution is 2.40. The Morgan fingerprint density at radius 2 is 1.59 bits per heavy atom. The van der Waals surface area contributed by atoms with E-state index < -0.39 is 0 Å². The maximum Gasteiger partial charge on any atom is 0.326 e. The van der Waals surface area contributed by atoms with Crippen LogP contribution in [0.4, 0.5) is 11.4 Å². The Morgan fingerprint density at radius 1 is 0.927 bits per heavy atom. The van der Waals surface area contributed by atoms with Gasteiger partial charge in [0.2, 0.25) is 0 Å². The Balaban J connectivity index is 1.78. The molecule has 216 valence electrons. The molecule has 0 saturated heterocycles. The van der Waals surface area contributed by atoms with Crippen LogP contribution >= 0.6 is 11.9 Å². The predicted octanol–water partition coefficient (Wildman–Crippen LogP) is 6.82. The summed E-state index contributed by atoms with van der Waals surface area (Å²) in [6.07, 6.45) is 7.99. The van der Waals surface area contributed by atoms with Crippen LogP contribution < -0.4 is 13.9 Å². The third-order valence-corrected chi connectivity index (χ3v) is 8.17. The van der Waals surface area contributed by atoms with Gasteiger partial charge in [0.15, 0.2) is 0 Å². The van der Waals surface area contributed by atoms with Crippen molar-refractivity contribution < 1.29 is 23.8 Å². The Kier molecular flexibility index (Phi) is 10.4. The van der Waals surface area contributed by atoms with Gasteiger partial charge < -0.3 is 23.4 Å². The number of methoxy groups -OCH3 is 3. The zero-order valence-corrected chi connectivity index (χ0v) is 25.1. The Hall–Kier alpha value is -3.91. The molecule has 3 aromatic rings. The van der Waals surface area contributed by atoms with Crippen molar-refractivity contribution in [3.63, 3.8) is 0 Å². The molecule has 0 bridgehead atoms. The van der Waals surface area contributed by atoms with Crippen molar-refractivity contribution in [1.82, 2.24) is 0 Å². The lowest BCUT2D eigenvalue weighted by atomic mass is 9.96. The average Bonchev–Trinajstić information content (AvgIpc) is 2.99. The molecule has 0 aliphatic heterocycles. The third-order valence-electron chi connectivity index (χ3n) is 7.14. The second-order valence-corrected chi connectivity index (χ2v) is 11.2. The van der Waals surface area contributed by atoms with E-state index in [-0.39, 0.29) is 30.9 Å². The molecule has 0 radical (unpaired) electrons. The normalized spacial score (nSPS) is 15.1. The molecular formula is C33H38N2O5S. The van der Waals surface area contributed by atoms with Gasteiger partial charge in [-0.25, -0.2) is 0 Å². The SMILES string of the molecule is COC(=O)CC(C)N(CC1=CC(C)CC=C1)c1ccc(N(CC(=O)OC)Sc2ccc(OC)cc2)c2ccccc12. The lowest BCUT2D eigenvalue weighted by Gasteiger charge is -2.34. The minimum atomic E-state index is -0.336. The Bertz CT molecular complexity index is 1420. The van der Waals surface area contributed by atoms with Crippen LogP contribution in [-0.2, 0) is 19.1 Å². The minimum absolute atomic E-state index is 0.0641. The molecule has 3 aromatic carbocycles. The molecule has 2 atom stereocenters. The van der Waals surface area contributed by atoms with E-state index in [0.717, 1.165) is 39.2 Å². The number of rotatable bonds is 12. The Labute approximate surface area is 246 Å². The molecule has 0 aromatic heterocycles. The van der Waals surface area contributed by atoms with E-state index >= 15 is 0 Å². The first kappa shape index (κ1) is 30.1. The highest BCUT2D eigenvalue weighted by molar-refractivity contribution is 8.00. The van der Waals surface area contributed by atoms with Gasteiger partial charge in [-0.1, -0.05) is 49.4 Å². The maximum atomic E-state index is 12.5. The van der Waals surface area contributed by atoms with E-state index in [4.69, 9.17) is 14.2 Å². The van der Waals surface area contributed by atoms with E-state index in [1.165, 1.54) is 31.7 Å². The molecule has 0 spiro atoms. The van der Waals surface area contributed by atoms with E-state index in [9.17, 15) is 9.59 Å². The molecule has 8 heteroatoms. The second-order valence-electron chi connectivity index (χ2n) is 10.1. The Morgan fingerprint density at radius 3 is 2.22 bits per heavy atom. The minimum Gasteiger partial charge on any atom is -0.497 e. The molecule has 0 fully saturated rings. The van der Waals surface area contributed by atoms with Crippen LogP contribution in [-0.4, -0.2) is 52.4 Å². The molecule has 1 aliphatic rings. The number of carbonyl (C=O) groups excluding carboxylic acids is 2. The first-order chi connectivity index (χ1) is 19.8. The monoisotopic (exact) mass is 574 g/mol. The van der Waals surface area contributed by atoms with Crippen LogP contribution in [0.3, 0.4) is 0 Å². The summed E-state index contributed by atoms with van der Waals surface area (Å²) >= 11 is 1.46. The summed E-state index contributed by atoms with van der Waals surface area (Å²) in [6.45, 7) is 4.99. The highest BCUT2D eigenvalue weighted by Gasteiger charge is 2.24. The molecule has 1 aliphatic carbocycles. The number of carbonyl (C=O) groups is 2. The summed E-state index contributed by atoms with van der Waals surface area (Å²) in [6, 6.07) is 19.9. The van der Waals surface area contributed by atoms with E-state index in [2.05, 4.69) is 55.2 Å². The number of anilines is 2. The van der Waals surface area contributed by atoms with E-state index in [1.54, 1.807) is 7.11 Å². The number of esters is 2. The molecule has 0 saturated carbocycles. The molecule has 0 heterocycles. The van der Waals surface area contributed by atoms with Crippen molar-refractivity contribution in [2.75, 3.05) is 43.6 Å². The van der Waals surface area contributed by atoms with Crippen LogP contribution in [0, 0.1) is 5.92 Å². The number of allylic oxidation sites excluding steroid dienone is 2. The van der Waals surface area contributed by atoms with Crippen LogP contribution in [0.5, 0.6) is 5.75 Å². The number of benzene rings is 3. The second kappa shape index (κ2) is 14.1. The fraction of sp³-hybridized carbons (Fsp3) is 0.333. The van der Waals surface area contributed by atoms with Gasteiger partial charge in [0, 0.05) is 33.9 Å². The highest BCUT2D eigenvalue weighted by atomic mass is 32.2. The summed E-state index contributed by atoms with van der Waals surface area (Å²) in [5.74, 6) is 0.652. The summed E-state index contributed by atoms with van der Waals surface area (Å²) in [5.41, 5.74) is 3.12. The standard InChI is InChI=1S/C33H38N2O5S/c1-23-9-8-10-25(19-23)21-34(24(2)20-32(36)39-4)30-17-18-31(29-12-7-6-11-28(29)30)35(22-33(37)40-5)41-27-15-13-26(38-3)14-16-27/h6-8,10-19,23-24H,9,20-22H2,1-5H3. The fourth-order valence-corrected chi connectivity index (χ4v) is 5.93. The van der Waals surface area contributed by atoms with E-state index in [0.29, 0.717) is 12.5 Å². The molecule has 0 amide bonds. The lowest BCUT2D eigenvalue weighted by Crippen LogP contribution is -2.37. The predicted molar refractivity (Wildman–Crippen MR) is 167 cm³/mol. The van der Waals surface area contributed by atoms with Crippen molar-refractivity contribution in [3.8, 4) is 5.75 Å². The number of hydrogen-bond donors (Lipinski definition) is 0. The van der Waals surface area contributed by atoms with Crippen molar-refractivity contribution in [3.05, 3.63) is 84.5 Å². The maximum absolute atomic E-state index is 12.5. The number of ether oxygens (including phenoxy) is 3. The van der Waals surface area contributed by atoms with Gasteiger partial charge in [0.25, 0.3) is 0 Å². The van der Waals surface area contributed by atoms with Crippen LogP contribution in [0.15, 0.2) is 89.4 Å². The van der Waals surface area contributed by atoms with E-state index in [1.807, 2.05) is 46.8 Å². The van der Waals surface area contributed by atoms with Gasteiger partial charge in [-0.3, -0.25) is 9.59 Å².